The lowest BCUT2D eigenvalue weighted by atomic mass is 10.1. The van der Waals surface area contributed by atoms with E-state index in [0.29, 0.717) is 18.2 Å². The van der Waals surface area contributed by atoms with Crippen molar-refractivity contribution in [3.63, 3.8) is 0 Å². The summed E-state index contributed by atoms with van der Waals surface area (Å²) in [7, 11) is 0. The van der Waals surface area contributed by atoms with E-state index in [1.807, 2.05) is 0 Å². The van der Waals surface area contributed by atoms with Gasteiger partial charge in [-0.1, -0.05) is 0 Å². The molecule has 0 aromatic heterocycles. The number of likely N-dealkylation sites (tertiary alicyclic amines) is 1. The summed E-state index contributed by atoms with van der Waals surface area (Å²) in [6, 6.07) is 3.96. The molecule has 1 aliphatic rings. The molecule has 110 valence electrons. The summed E-state index contributed by atoms with van der Waals surface area (Å²) in [4.78, 5) is 12.8. The Kier molecular flexibility index (Phi) is 5.03. The van der Waals surface area contributed by atoms with E-state index in [-0.39, 0.29) is 5.69 Å². The van der Waals surface area contributed by atoms with E-state index >= 15 is 0 Å². The molecule has 0 radical (unpaired) electrons. The average Bonchev–Trinajstić information content (AvgIpc) is 2.92. The predicted octanol–water partition coefficient (Wildman–Crippen LogP) is 2.31. The minimum Gasteiger partial charge on any atom is -0.311 e. The van der Waals surface area contributed by atoms with Crippen molar-refractivity contribution in [2.24, 2.45) is 0 Å². The number of nitro benzene ring substituents is 1. The van der Waals surface area contributed by atoms with E-state index in [0.717, 1.165) is 25.7 Å². The number of nitrogens with one attached hydrogen (secondary N) is 1. The first-order valence-corrected chi connectivity index (χ1v) is 6.95. The predicted molar refractivity (Wildman–Crippen MR) is 75.0 cm³/mol. The van der Waals surface area contributed by atoms with Gasteiger partial charge in [0.15, 0.2) is 0 Å². The fourth-order valence-corrected chi connectivity index (χ4v) is 2.60. The lowest BCUT2D eigenvalue weighted by molar-refractivity contribution is -0.385. The molecule has 1 N–H and O–H groups in total. The zero-order chi connectivity index (χ0) is 14.5. The third kappa shape index (κ3) is 3.74. The number of nitrogens with zero attached hydrogens (tertiary/aromatic N) is 2. The molecule has 1 aromatic rings. The van der Waals surface area contributed by atoms with E-state index < -0.39 is 10.7 Å². The van der Waals surface area contributed by atoms with Gasteiger partial charge in [-0.25, -0.2) is 4.39 Å². The van der Waals surface area contributed by atoms with Crippen LogP contribution >= 0.6 is 0 Å². The highest BCUT2D eigenvalue weighted by Crippen LogP contribution is 2.19. The van der Waals surface area contributed by atoms with Crippen molar-refractivity contribution in [2.45, 2.75) is 32.4 Å². The number of hydrogen-bond acceptors (Lipinski definition) is 4. The molecule has 1 aromatic carbocycles. The van der Waals surface area contributed by atoms with E-state index in [1.165, 1.54) is 25.0 Å². The molecule has 0 spiro atoms. The van der Waals surface area contributed by atoms with Crippen LogP contribution in [0.5, 0.6) is 0 Å². The summed E-state index contributed by atoms with van der Waals surface area (Å²) >= 11 is 0. The van der Waals surface area contributed by atoms with Gasteiger partial charge < -0.3 is 5.32 Å². The average molecular weight is 281 g/mol. The van der Waals surface area contributed by atoms with E-state index in [1.54, 1.807) is 0 Å². The molecule has 0 amide bonds. The van der Waals surface area contributed by atoms with Crippen LogP contribution in [0.4, 0.5) is 10.1 Å². The fourth-order valence-electron chi connectivity index (χ4n) is 2.60. The normalized spacial score (nSPS) is 17.3. The van der Waals surface area contributed by atoms with Gasteiger partial charge in [0.05, 0.1) is 4.92 Å². The smallest absolute Gasteiger partial charge is 0.274 e. The maximum Gasteiger partial charge on any atom is 0.274 e. The highest BCUT2D eigenvalue weighted by Gasteiger charge is 2.18. The Morgan fingerprint density at radius 1 is 1.45 bits per heavy atom. The fraction of sp³-hybridized carbons (Fsp3) is 0.571. The number of benzene rings is 1. The van der Waals surface area contributed by atoms with Crippen LogP contribution in [-0.2, 0) is 6.54 Å². The molecule has 5 nitrogen and oxygen atoms in total. The topological polar surface area (TPSA) is 58.4 Å². The van der Waals surface area contributed by atoms with Gasteiger partial charge in [-0.15, -0.1) is 0 Å². The zero-order valence-corrected chi connectivity index (χ0v) is 11.6. The first-order chi connectivity index (χ1) is 9.58. The lowest BCUT2D eigenvalue weighted by Gasteiger charge is -2.23. The van der Waals surface area contributed by atoms with Crippen molar-refractivity contribution in [1.82, 2.24) is 10.2 Å². The van der Waals surface area contributed by atoms with E-state index in [2.05, 4.69) is 17.1 Å². The number of halogens is 1. The number of rotatable bonds is 6. The van der Waals surface area contributed by atoms with Gasteiger partial charge in [-0.3, -0.25) is 15.0 Å². The van der Waals surface area contributed by atoms with Crippen LogP contribution in [0.3, 0.4) is 0 Å². The van der Waals surface area contributed by atoms with Crippen molar-refractivity contribution in [2.75, 3.05) is 19.6 Å². The summed E-state index contributed by atoms with van der Waals surface area (Å²) in [5.74, 6) is -0.444. The van der Waals surface area contributed by atoms with Gasteiger partial charge in [-0.05, 0) is 45.0 Å². The van der Waals surface area contributed by atoms with Gasteiger partial charge in [0, 0.05) is 30.8 Å². The molecule has 1 unspecified atom stereocenters. The van der Waals surface area contributed by atoms with Crippen molar-refractivity contribution < 1.29 is 9.31 Å². The number of hydrogen-bond donors (Lipinski definition) is 1. The second-order valence-corrected chi connectivity index (χ2v) is 5.25. The van der Waals surface area contributed by atoms with Crippen molar-refractivity contribution in [3.8, 4) is 0 Å². The maximum atomic E-state index is 13.2. The molecule has 0 saturated carbocycles. The van der Waals surface area contributed by atoms with Gasteiger partial charge in [0.25, 0.3) is 5.69 Å². The highest BCUT2D eigenvalue weighted by atomic mass is 19.1. The quantitative estimate of drug-likeness (QED) is 0.642. The van der Waals surface area contributed by atoms with Gasteiger partial charge in [0.2, 0.25) is 0 Å². The Bertz CT molecular complexity index is 475. The van der Waals surface area contributed by atoms with Crippen molar-refractivity contribution in [1.29, 1.82) is 0 Å². The third-order valence-electron chi connectivity index (χ3n) is 3.76. The molecular weight excluding hydrogens is 261 g/mol. The summed E-state index contributed by atoms with van der Waals surface area (Å²) in [6.07, 6.45) is 2.47. The minimum absolute atomic E-state index is 0.0345. The first kappa shape index (κ1) is 14.9. The van der Waals surface area contributed by atoms with Gasteiger partial charge in [0.1, 0.15) is 5.82 Å². The Labute approximate surface area is 117 Å². The van der Waals surface area contributed by atoms with Crippen LogP contribution in [0.1, 0.15) is 25.3 Å². The Hall–Kier alpha value is -1.53. The summed E-state index contributed by atoms with van der Waals surface area (Å²) < 4.78 is 13.2. The van der Waals surface area contributed by atoms with Crippen molar-refractivity contribution >= 4 is 5.69 Å². The SMILES string of the molecule is CC(CNCc1cc(F)ccc1[N+](=O)[O-])N1CCCC1. The second kappa shape index (κ2) is 6.76. The first-order valence-electron chi connectivity index (χ1n) is 6.95. The molecule has 1 fully saturated rings. The monoisotopic (exact) mass is 281 g/mol. The van der Waals surface area contributed by atoms with Crippen molar-refractivity contribution in [3.05, 3.63) is 39.7 Å². The van der Waals surface area contributed by atoms with Crippen LogP contribution in [0.25, 0.3) is 0 Å². The lowest BCUT2D eigenvalue weighted by Crippen LogP contribution is -2.38. The molecule has 1 heterocycles. The second-order valence-electron chi connectivity index (χ2n) is 5.25. The van der Waals surface area contributed by atoms with Gasteiger partial charge >= 0.3 is 0 Å². The maximum absolute atomic E-state index is 13.2. The summed E-state index contributed by atoms with van der Waals surface area (Å²) in [6.45, 7) is 5.42. The van der Waals surface area contributed by atoms with Crippen LogP contribution in [0.2, 0.25) is 0 Å². The molecule has 6 heteroatoms. The molecule has 0 bridgehead atoms. The zero-order valence-electron chi connectivity index (χ0n) is 11.6. The minimum atomic E-state index is -0.472. The van der Waals surface area contributed by atoms with Crippen LogP contribution in [0, 0.1) is 15.9 Å². The summed E-state index contributed by atoms with van der Waals surface area (Å²) in [5.41, 5.74) is 0.358. The highest BCUT2D eigenvalue weighted by molar-refractivity contribution is 5.40. The van der Waals surface area contributed by atoms with Crippen LogP contribution in [0.15, 0.2) is 18.2 Å². The standard InChI is InChI=1S/C14H20FN3O2/c1-11(17-6-2-3-7-17)9-16-10-12-8-13(15)4-5-14(12)18(19)20/h4-5,8,11,16H,2-3,6-7,9-10H2,1H3. The largest absolute Gasteiger partial charge is 0.311 e. The molecule has 2 rings (SSSR count). The van der Waals surface area contributed by atoms with Gasteiger partial charge in [-0.2, -0.15) is 0 Å². The van der Waals surface area contributed by atoms with E-state index in [4.69, 9.17) is 0 Å². The molecule has 20 heavy (non-hydrogen) atoms. The van der Waals surface area contributed by atoms with E-state index in [9.17, 15) is 14.5 Å². The van der Waals surface area contributed by atoms with Crippen LogP contribution in [-0.4, -0.2) is 35.5 Å². The Morgan fingerprint density at radius 3 is 2.80 bits per heavy atom. The molecule has 0 aliphatic carbocycles. The Balaban J connectivity index is 1.90. The third-order valence-corrected chi connectivity index (χ3v) is 3.76. The molecular formula is C14H20FN3O2. The molecule has 1 aliphatic heterocycles. The van der Waals surface area contributed by atoms with Crippen LogP contribution < -0.4 is 5.32 Å². The Morgan fingerprint density at radius 2 is 2.15 bits per heavy atom. The molecule has 1 atom stereocenters. The molecule has 1 saturated heterocycles. The number of nitro groups is 1. The summed E-state index contributed by atoms with van der Waals surface area (Å²) in [5, 5.41) is 14.1.